The monoisotopic (exact) mass is 670 g/mol. The lowest BCUT2D eigenvalue weighted by atomic mass is 9.98. The minimum absolute atomic E-state index is 0.0155. The predicted molar refractivity (Wildman–Crippen MR) is 169 cm³/mol. The van der Waals surface area contributed by atoms with Gasteiger partial charge in [0.25, 0.3) is 0 Å². The molecule has 1 aromatic rings. The number of thiocarbonyl (C=S) groups is 1. The van der Waals surface area contributed by atoms with Crippen LogP contribution in [-0.4, -0.2) is 109 Å². The molecule has 1 heterocycles. The Kier molecular flexibility index (Phi) is 17.4. The molecule has 0 unspecified atom stereocenters. The van der Waals surface area contributed by atoms with Gasteiger partial charge in [0, 0.05) is 24.9 Å². The molecule has 0 radical (unpaired) electrons. The minimum Gasteiger partial charge on any atom is -0.481 e. The van der Waals surface area contributed by atoms with Gasteiger partial charge < -0.3 is 52.6 Å². The van der Waals surface area contributed by atoms with Gasteiger partial charge in [0.05, 0.1) is 29.9 Å². The highest BCUT2D eigenvalue weighted by Crippen LogP contribution is 2.10. The molecule has 0 aliphatic rings. The third kappa shape index (κ3) is 14.3. The molecule has 0 saturated carbocycles. The number of aromatic amines is 1. The smallest absolute Gasteiger partial charge is 0.326 e. The summed E-state index contributed by atoms with van der Waals surface area (Å²) in [4.78, 5) is 82.9. The molecule has 7 atom stereocenters. The number of amides is 4. The number of H-pyrrole nitrogens is 1. The number of aromatic nitrogens is 2. The Hall–Kier alpha value is -4.16. The Morgan fingerprint density at radius 3 is 2.07 bits per heavy atom. The molecule has 46 heavy (non-hydrogen) atoms. The van der Waals surface area contributed by atoms with Crippen molar-refractivity contribution in [1.82, 2.24) is 36.6 Å². The first-order valence-electron chi connectivity index (χ1n) is 14.9. The van der Waals surface area contributed by atoms with Crippen LogP contribution in [0.2, 0.25) is 0 Å². The number of hydrogen-bond acceptors (Lipinski definition) is 10. The molecule has 0 aliphatic heterocycles. The largest absolute Gasteiger partial charge is 0.481 e. The summed E-state index contributed by atoms with van der Waals surface area (Å²) in [5.74, 6) is -6.84. The van der Waals surface area contributed by atoms with Crippen molar-refractivity contribution in [3.8, 4) is 0 Å². The molecule has 17 nitrogen and oxygen atoms in total. The summed E-state index contributed by atoms with van der Waals surface area (Å²) in [6.45, 7) is 6.75. The summed E-state index contributed by atoms with van der Waals surface area (Å²) in [6.07, 6.45) is 1.89. The fourth-order valence-corrected chi connectivity index (χ4v) is 4.35. The zero-order chi connectivity index (χ0) is 35.0. The number of carboxylic acids is 2. The van der Waals surface area contributed by atoms with Gasteiger partial charge in [-0.3, -0.25) is 24.0 Å². The fraction of sp³-hybridized carbons (Fsp3) is 0.643. The van der Waals surface area contributed by atoms with Crippen molar-refractivity contribution >= 4 is 52.8 Å². The summed E-state index contributed by atoms with van der Waals surface area (Å²) in [5, 5.41) is 41.7. The van der Waals surface area contributed by atoms with Gasteiger partial charge >= 0.3 is 11.9 Å². The molecule has 0 fully saturated rings. The van der Waals surface area contributed by atoms with Gasteiger partial charge in [0.2, 0.25) is 23.6 Å². The first-order chi connectivity index (χ1) is 21.6. The number of rotatable bonds is 21. The summed E-state index contributed by atoms with van der Waals surface area (Å²) in [7, 11) is 0. The van der Waals surface area contributed by atoms with E-state index in [1.807, 2.05) is 0 Å². The van der Waals surface area contributed by atoms with E-state index < -0.39 is 84.2 Å². The molecule has 0 bridgehead atoms. The van der Waals surface area contributed by atoms with Crippen LogP contribution in [0.3, 0.4) is 0 Å². The number of carboxylic acid groups (broad SMARTS) is 2. The number of nitrogens with two attached hydrogens (primary N) is 1. The first-order valence-corrected chi connectivity index (χ1v) is 15.3. The van der Waals surface area contributed by atoms with Crippen molar-refractivity contribution in [3.63, 3.8) is 0 Å². The summed E-state index contributed by atoms with van der Waals surface area (Å²) in [5.41, 5.74) is 6.46. The van der Waals surface area contributed by atoms with Crippen LogP contribution in [0.1, 0.15) is 65.5 Å². The molecule has 1 rings (SSSR count). The zero-order valence-corrected chi connectivity index (χ0v) is 27.2. The van der Waals surface area contributed by atoms with Crippen LogP contribution >= 0.6 is 12.2 Å². The van der Waals surface area contributed by atoms with E-state index in [1.54, 1.807) is 20.8 Å². The van der Waals surface area contributed by atoms with E-state index in [2.05, 4.69) is 36.6 Å². The highest BCUT2D eigenvalue weighted by Gasteiger charge is 2.35. The number of aliphatic carboxylic acids is 2. The maximum absolute atomic E-state index is 13.4. The van der Waals surface area contributed by atoms with Crippen molar-refractivity contribution in [3.05, 3.63) is 18.2 Å². The van der Waals surface area contributed by atoms with Crippen LogP contribution in [-0.2, 0) is 35.2 Å². The van der Waals surface area contributed by atoms with Gasteiger partial charge in [-0.25, -0.2) is 9.78 Å². The van der Waals surface area contributed by atoms with E-state index in [1.165, 1.54) is 19.4 Å². The second-order valence-electron chi connectivity index (χ2n) is 11.0. The third-order valence-electron chi connectivity index (χ3n) is 7.11. The number of aliphatic hydroxyl groups excluding tert-OH is 1. The Bertz CT molecular complexity index is 1200. The van der Waals surface area contributed by atoms with Gasteiger partial charge in [0.1, 0.15) is 24.2 Å². The van der Waals surface area contributed by atoms with Gasteiger partial charge in [0.15, 0.2) is 0 Å². The summed E-state index contributed by atoms with van der Waals surface area (Å²) in [6, 6.07) is -6.99. The Balaban J connectivity index is 3.15. The third-order valence-corrected chi connectivity index (χ3v) is 7.25. The molecule has 0 aromatic carbocycles. The number of carbonyl (C=O) groups is 6. The number of nitrogens with one attached hydrogen (secondary N) is 6. The van der Waals surface area contributed by atoms with Crippen LogP contribution in [0.25, 0.3) is 0 Å². The van der Waals surface area contributed by atoms with E-state index in [9.17, 15) is 44.1 Å². The number of hydrogen-bond donors (Lipinski definition) is 10. The number of imidazole rings is 1. The lowest BCUT2D eigenvalue weighted by Crippen LogP contribution is -2.61. The molecule has 258 valence electrons. The van der Waals surface area contributed by atoms with Crippen LogP contribution in [0, 0.1) is 5.92 Å². The zero-order valence-electron chi connectivity index (χ0n) is 26.4. The highest BCUT2D eigenvalue weighted by atomic mass is 32.1. The summed E-state index contributed by atoms with van der Waals surface area (Å²) >= 11 is 4.98. The highest BCUT2D eigenvalue weighted by molar-refractivity contribution is 7.80. The van der Waals surface area contributed by atoms with E-state index >= 15 is 0 Å². The standard InChI is InChI=1S/C28H46N8O9S/c1-5-14(2)22(28(44)45)35-27(43)23(15(3)37)36-25(41)19(8-6-7-9-31-16(4)46)33-26(42)20(11-21(38)39)34-24(40)18(29)10-17-12-30-13-32-17/h12-15,18-20,22-23,37H,5-11,29H2,1-4H3,(H,30,32)(H,31,46)(H,33,42)(H,34,40)(H,35,43)(H,36,41)(H,38,39)(H,44,45)/t14-,15+,18-,19-,20-,22-,23-/m0/s1. The predicted octanol–water partition coefficient (Wildman–Crippen LogP) is -1.69. The van der Waals surface area contributed by atoms with Gasteiger partial charge in [-0.05, 0) is 39.0 Å². The van der Waals surface area contributed by atoms with Crippen molar-refractivity contribution in [2.75, 3.05) is 6.54 Å². The number of unbranched alkanes of at least 4 members (excludes halogenated alkanes) is 1. The Morgan fingerprint density at radius 1 is 0.935 bits per heavy atom. The molecular weight excluding hydrogens is 624 g/mol. The van der Waals surface area contributed by atoms with Gasteiger partial charge in [-0.2, -0.15) is 0 Å². The molecule has 18 heteroatoms. The van der Waals surface area contributed by atoms with Crippen LogP contribution < -0.4 is 32.3 Å². The molecule has 11 N–H and O–H groups in total. The number of carbonyl (C=O) groups excluding carboxylic acids is 4. The first kappa shape index (κ1) is 39.9. The van der Waals surface area contributed by atoms with Crippen LogP contribution in [0.15, 0.2) is 12.5 Å². The fourth-order valence-electron chi connectivity index (χ4n) is 4.25. The normalized spacial score (nSPS) is 15.5. The lowest BCUT2D eigenvalue weighted by molar-refractivity contribution is -0.144. The van der Waals surface area contributed by atoms with Crippen LogP contribution in [0.5, 0.6) is 0 Å². The van der Waals surface area contributed by atoms with E-state index in [-0.39, 0.29) is 12.8 Å². The summed E-state index contributed by atoms with van der Waals surface area (Å²) < 4.78 is 0. The van der Waals surface area contributed by atoms with E-state index in [0.29, 0.717) is 36.5 Å². The number of aliphatic hydroxyl groups is 1. The van der Waals surface area contributed by atoms with Crippen LogP contribution in [0.4, 0.5) is 0 Å². The van der Waals surface area contributed by atoms with Crippen molar-refractivity contribution in [2.24, 2.45) is 11.7 Å². The molecule has 0 aliphatic carbocycles. The maximum atomic E-state index is 13.4. The molecule has 0 saturated heterocycles. The molecule has 4 amide bonds. The Morgan fingerprint density at radius 2 is 1.54 bits per heavy atom. The average Bonchev–Trinajstić information content (AvgIpc) is 3.48. The van der Waals surface area contributed by atoms with Gasteiger partial charge in [-0.15, -0.1) is 0 Å². The van der Waals surface area contributed by atoms with Crippen molar-refractivity contribution < 1.29 is 44.1 Å². The second-order valence-corrected chi connectivity index (χ2v) is 11.6. The molecule has 0 spiro atoms. The quantitative estimate of drug-likeness (QED) is 0.0517. The number of nitrogens with zero attached hydrogens (tertiary/aromatic N) is 1. The maximum Gasteiger partial charge on any atom is 0.326 e. The second kappa shape index (κ2) is 20.1. The van der Waals surface area contributed by atoms with Gasteiger partial charge in [-0.1, -0.05) is 32.5 Å². The van der Waals surface area contributed by atoms with E-state index in [0.717, 1.165) is 0 Å². The average molecular weight is 671 g/mol. The SMILES string of the molecule is CC[C@H](C)[C@H](NC(=O)[C@@H](NC(=O)[C@H](CCCCNC(C)=S)NC(=O)[C@H](CC(=O)O)NC(=O)[C@@H](N)Cc1cnc[nH]1)[C@@H](C)O)C(=O)O. The van der Waals surface area contributed by atoms with E-state index in [4.69, 9.17) is 18.0 Å². The minimum atomic E-state index is -1.62. The van der Waals surface area contributed by atoms with Crippen molar-refractivity contribution in [2.45, 2.75) is 103 Å². The molecule has 1 aromatic heterocycles. The molecular formula is C28H46N8O9S. The van der Waals surface area contributed by atoms with Crippen molar-refractivity contribution in [1.29, 1.82) is 0 Å². The Labute approximate surface area is 272 Å². The topological polar surface area (TPSA) is 278 Å². The lowest BCUT2D eigenvalue weighted by Gasteiger charge is -2.28.